The van der Waals surface area contributed by atoms with Gasteiger partial charge in [-0.25, -0.2) is 4.98 Å². The lowest BCUT2D eigenvalue weighted by molar-refractivity contribution is 0.539. The molecule has 0 radical (unpaired) electrons. The number of anilines is 2. The first-order valence-corrected chi connectivity index (χ1v) is 6.81. The number of hydrogen-bond donors (Lipinski definition) is 2. The lowest BCUT2D eigenvalue weighted by Gasteiger charge is -2.18. The molecule has 1 unspecified atom stereocenters. The van der Waals surface area contributed by atoms with Crippen LogP contribution in [0.15, 0.2) is 24.3 Å². The largest absolute Gasteiger partial charge is 0.367 e. The zero-order valence-corrected chi connectivity index (χ0v) is 12.1. The number of hydrogen-bond acceptors (Lipinski definition) is 4. The van der Waals surface area contributed by atoms with Crippen molar-refractivity contribution in [3.63, 3.8) is 0 Å². The fourth-order valence-corrected chi connectivity index (χ4v) is 2.30. The van der Waals surface area contributed by atoms with E-state index >= 15 is 0 Å². The van der Waals surface area contributed by atoms with Gasteiger partial charge in [0.2, 0.25) is 5.95 Å². The summed E-state index contributed by atoms with van der Waals surface area (Å²) in [4.78, 5) is 8.99. The molecule has 1 aromatic carbocycles. The van der Waals surface area contributed by atoms with Crippen LogP contribution in [0.1, 0.15) is 27.2 Å². The summed E-state index contributed by atoms with van der Waals surface area (Å²) in [6.45, 7) is 6.65. The summed E-state index contributed by atoms with van der Waals surface area (Å²) in [5.41, 5.74) is 0.959. The van der Waals surface area contributed by atoms with Crippen LogP contribution >= 0.6 is 0 Å². The minimum absolute atomic E-state index is 0.392. The molecule has 0 spiro atoms. The minimum Gasteiger partial charge on any atom is -0.367 e. The van der Waals surface area contributed by atoms with Crippen LogP contribution in [0.2, 0.25) is 0 Å². The molecule has 0 saturated carbocycles. The Hall–Kier alpha value is -1.84. The Morgan fingerprint density at radius 1 is 1.11 bits per heavy atom. The highest BCUT2D eigenvalue weighted by Gasteiger charge is 2.10. The van der Waals surface area contributed by atoms with E-state index in [0.29, 0.717) is 17.9 Å². The fourth-order valence-electron chi connectivity index (χ4n) is 2.30. The summed E-state index contributed by atoms with van der Waals surface area (Å²) in [7, 11) is 1.84. The number of aromatic nitrogens is 2. The molecule has 0 amide bonds. The van der Waals surface area contributed by atoms with Gasteiger partial charge in [0.1, 0.15) is 5.82 Å². The van der Waals surface area contributed by atoms with E-state index in [2.05, 4.69) is 47.4 Å². The van der Waals surface area contributed by atoms with Crippen molar-refractivity contribution in [1.82, 2.24) is 9.97 Å². The molecule has 2 rings (SSSR count). The molecule has 0 fully saturated rings. The van der Waals surface area contributed by atoms with E-state index in [0.717, 1.165) is 23.1 Å². The van der Waals surface area contributed by atoms with Gasteiger partial charge in [-0.2, -0.15) is 4.98 Å². The van der Waals surface area contributed by atoms with Crippen molar-refractivity contribution in [2.24, 2.45) is 5.92 Å². The van der Waals surface area contributed by atoms with Crippen molar-refractivity contribution in [2.75, 3.05) is 17.7 Å². The van der Waals surface area contributed by atoms with E-state index in [9.17, 15) is 0 Å². The van der Waals surface area contributed by atoms with Crippen LogP contribution in [0.4, 0.5) is 11.8 Å². The lowest BCUT2D eigenvalue weighted by Crippen LogP contribution is -2.19. The summed E-state index contributed by atoms with van der Waals surface area (Å²) in [5.74, 6) is 2.22. The molecule has 2 N–H and O–H groups in total. The molecular weight excluding hydrogens is 236 g/mol. The molecule has 0 aliphatic carbocycles. The molecule has 4 heteroatoms. The third-order valence-corrected chi connectivity index (χ3v) is 3.03. The Balaban J connectivity index is 2.35. The zero-order chi connectivity index (χ0) is 13.8. The highest BCUT2D eigenvalue weighted by molar-refractivity contribution is 5.90. The third-order valence-electron chi connectivity index (χ3n) is 3.03. The van der Waals surface area contributed by atoms with Gasteiger partial charge in [0.15, 0.2) is 0 Å². The van der Waals surface area contributed by atoms with Crippen molar-refractivity contribution in [3.8, 4) is 0 Å². The van der Waals surface area contributed by atoms with Crippen LogP contribution < -0.4 is 10.6 Å². The maximum Gasteiger partial charge on any atom is 0.224 e. The van der Waals surface area contributed by atoms with Crippen LogP contribution in [0.5, 0.6) is 0 Å². The van der Waals surface area contributed by atoms with Crippen molar-refractivity contribution < 1.29 is 0 Å². The molecule has 0 bridgehead atoms. The van der Waals surface area contributed by atoms with Crippen LogP contribution in [0.25, 0.3) is 10.9 Å². The van der Waals surface area contributed by atoms with Crippen molar-refractivity contribution in [2.45, 2.75) is 33.2 Å². The number of nitrogens with zero attached hydrogens (tertiary/aromatic N) is 2. The summed E-state index contributed by atoms with van der Waals surface area (Å²) in [5, 5.41) is 7.58. The molecule has 102 valence electrons. The average Bonchev–Trinajstić information content (AvgIpc) is 2.37. The Kier molecular flexibility index (Phi) is 4.20. The van der Waals surface area contributed by atoms with Crippen LogP contribution in [-0.4, -0.2) is 23.1 Å². The van der Waals surface area contributed by atoms with Crippen molar-refractivity contribution in [3.05, 3.63) is 24.3 Å². The molecule has 4 nitrogen and oxygen atoms in total. The quantitative estimate of drug-likeness (QED) is 0.861. The highest BCUT2D eigenvalue weighted by Crippen LogP contribution is 2.23. The van der Waals surface area contributed by atoms with E-state index < -0.39 is 0 Å². The van der Waals surface area contributed by atoms with Gasteiger partial charge >= 0.3 is 0 Å². The van der Waals surface area contributed by atoms with Gasteiger partial charge < -0.3 is 10.6 Å². The third kappa shape index (κ3) is 3.34. The number of benzene rings is 1. The Morgan fingerprint density at radius 2 is 1.84 bits per heavy atom. The minimum atomic E-state index is 0.392. The van der Waals surface area contributed by atoms with E-state index in [1.807, 2.05) is 25.2 Å². The predicted octanol–water partition coefficient (Wildman–Crippen LogP) is 3.52. The van der Waals surface area contributed by atoms with E-state index in [-0.39, 0.29) is 0 Å². The second-order valence-corrected chi connectivity index (χ2v) is 5.34. The Labute approximate surface area is 114 Å². The first kappa shape index (κ1) is 13.6. The molecule has 1 heterocycles. The van der Waals surface area contributed by atoms with Gasteiger partial charge in [0.05, 0.1) is 5.52 Å². The molecule has 1 atom stereocenters. The highest BCUT2D eigenvalue weighted by atomic mass is 15.1. The second-order valence-electron chi connectivity index (χ2n) is 5.34. The number of fused-ring (bicyclic) bond motifs is 1. The molecular formula is C15H22N4. The first-order chi connectivity index (χ1) is 9.10. The Bertz CT molecular complexity index is 551. The maximum atomic E-state index is 4.53. The van der Waals surface area contributed by atoms with E-state index in [4.69, 9.17) is 0 Å². The monoisotopic (exact) mass is 258 g/mol. The number of nitrogens with one attached hydrogen (secondary N) is 2. The summed E-state index contributed by atoms with van der Waals surface area (Å²) >= 11 is 0. The fraction of sp³-hybridized carbons (Fsp3) is 0.467. The van der Waals surface area contributed by atoms with Gasteiger partial charge in [0, 0.05) is 18.5 Å². The van der Waals surface area contributed by atoms with E-state index in [1.54, 1.807) is 0 Å². The normalized spacial score (nSPS) is 12.7. The van der Waals surface area contributed by atoms with Crippen LogP contribution in [0, 0.1) is 5.92 Å². The standard InChI is InChI=1S/C15H22N4/c1-10(2)9-11(3)17-14-12-7-5-6-8-13(12)18-15(16-4)19-14/h5-8,10-11H,9H2,1-4H3,(H2,16,17,18,19). The summed E-state index contributed by atoms with van der Waals surface area (Å²) in [6.07, 6.45) is 1.12. The average molecular weight is 258 g/mol. The smallest absolute Gasteiger partial charge is 0.224 e. The van der Waals surface area contributed by atoms with Gasteiger partial charge in [-0.1, -0.05) is 26.0 Å². The zero-order valence-electron chi connectivity index (χ0n) is 12.1. The van der Waals surface area contributed by atoms with Gasteiger partial charge in [-0.05, 0) is 31.4 Å². The predicted molar refractivity (Wildman–Crippen MR) is 81.6 cm³/mol. The molecule has 1 aromatic heterocycles. The molecule has 2 aromatic rings. The van der Waals surface area contributed by atoms with Crippen LogP contribution in [-0.2, 0) is 0 Å². The molecule has 0 aliphatic heterocycles. The SMILES string of the molecule is CNc1nc(NC(C)CC(C)C)c2ccccc2n1. The summed E-state index contributed by atoms with van der Waals surface area (Å²) < 4.78 is 0. The number of para-hydroxylation sites is 1. The van der Waals surface area contributed by atoms with Crippen molar-refractivity contribution in [1.29, 1.82) is 0 Å². The number of rotatable bonds is 5. The van der Waals surface area contributed by atoms with E-state index in [1.165, 1.54) is 0 Å². The second kappa shape index (κ2) is 5.87. The molecule has 0 aliphatic rings. The summed E-state index contributed by atoms with van der Waals surface area (Å²) in [6, 6.07) is 8.47. The topological polar surface area (TPSA) is 49.8 Å². The van der Waals surface area contributed by atoms with Gasteiger partial charge in [-0.3, -0.25) is 0 Å². The molecule has 0 saturated heterocycles. The van der Waals surface area contributed by atoms with Gasteiger partial charge in [-0.15, -0.1) is 0 Å². The van der Waals surface area contributed by atoms with Gasteiger partial charge in [0.25, 0.3) is 0 Å². The van der Waals surface area contributed by atoms with Crippen LogP contribution in [0.3, 0.4) is 0 Å². The first-order valence-electron chi connectivity index (χ1n) is 6.81. The Morgan fingerprint density at radius 3 is 2.53 bits per heavy atom. The maximum absolute atomic E-state index is 4.53. The lowest BCUT2D eigenvalue weighted by atomic mass is 10.1. The van der Waals surface area contributed by atoms with Crippen molar-refractivity contribution >= 4 is 22.7 Å². The molecule has 19 heavy (non-hydrogen) atoms.